The quantitative estimate of drug-likeness (QED) is 0.0380. The number of nitrogens with one attached hydrogen (secondary N) is 4. The van der Waals surface area contributed by atoms with Crippen LogP contribution in [-0.4, -0.2) is 130 Å². The normalized spacial score (nSPS) is 16.5. The Hall–Kier alpha value is -4.48. The molecule has 0 saturated carbocycles. The van der Waals surface area contributed by atoms with Crippen molar-refractivity contribution in [2.75, 3.05) is 39.3 Å². The van der Waals surface area contributed by atoms with Crippen molar-refractivity contribution in [3.8, 4) is 0 Å². The fourth-order valence-corrected chi connectivity index (χ4v) is 6.27. The number of amides is 8. The van der Waals surface area contributed by atoms with Gasteiger partial charge in [0.15, 0.2) is 0 Å². The van der Waals surface area contributed by atoms with E-state index in [2.05, 4.69) is 21.3 Å². The third kappa shape index (κ3) is 18.4. The van der Waals surface area contributed by atoms with Gasteiger partial charge in [0, 0.05) is 82.3 Å². The van der Waals surface area contributed by atoms with Crippen molar-refractivity contribution in [2.24, 2.45) is 11.8 Å². The molecule has 2 rings (SSSR count). The average Bonchev–Trinajstić information content (AvgIpc) is 3.66. The van der Waals surface area contributed by atoms with Crippen LogP contribution < -0.4 is 21.3 Å². The molecule has 17 nitrogen and oxygen atoms in total. The molecule has 0 aromatic rings. The Morgan fingerprint density at radius 2 is 0.929 bits per heavy atom. The van der Waals surface area contributed by atoms with Crippen molar-refractivity contribution in [1.82, 2.24) is 31.1 Å². The molecule has 0 aromatic heterocycles. The molecule has 314 valence electrons. The maximum Gasteiger partial charge on any atom is 0.253 e. The molecular formula is C39H62N6O11. The van der Waals surface area contributed by atoms with Crippen molar-refractivity contribution >= 4 is 47.3 Å². The predicted octanol–water partition coefficient (Wildman–Crippen LogP) is 0.118. The van der Waals surface area contributed by atoms with Gasteiger partial charge in [-0.05, 0) is 71.1 Å². The van der Waals surface area contributed by atoms with Gasteiger partial charge in [-0.3, -0.25) is 48.2 Å². The number of aliphatic hydroxyl groups excluding tert-OH is 3. The lowest BCUT2D eigenvalue weighted by Crippen LogP contribution is -2.44. The lowest BCUT2D eigenvalue weighted by Gasteiger charge is -2.27. The fourth-order valence-electron chi connectivity index (χ4n) is 6.27. The molecule has 0 spiro atoms. The molecule has 5 unspecified atom stereocenters. The van der Waals surface area contributed by atoms with Gasteiger partial charge >= 0.3 is 0 Å². The first-order chi connectivity index (χ1) is 26.7. The molecule has 8 amide bonds. The second-order valence-corrected chi connectivity index (χ2v) is 14.5. The van der Waals surface area contributed by atoms with Crippen molar-refractivity contribution in [3.63, 3.8) is 0 Å². The highest BCUT2D eigenvalue weighted by atomic mass is 16.3. The van der Waals surface area contributed by atoms with Crippen LogP contribution in [0.15, 0.2) is 24.3 Å². The summed E-state index contributed by atoms with van der Waals surface area (Å²) in [7, 11) is 0. The molecule has 2 aliphatic rings. The van der Waals surface area contributed by atoms with E-state index in [9.17, 15) is 53.7 Å². The van der Waals surface area contributed by atoms with Crippen molar-refractivity contribution < 1.29 is 53.7 Å². The van der Waals surface area contributed by atoms with Gasteiger partial charge in [-0.1, -0.05) is 19.8 Å². The maximum atomic E-state index is 12.9. The summed E-state index contributed by atoms with van der Waals surface area (Å²) in [5.74, 6) is -4.12. The first kappa shape index (κ1) is 47.7. The van der Waals surface area contributed by atoms with Crippen molar-refractivity contribution in [2.45, 2.75) is 122 Å². The van der Waals surface area contributed by atoms with E-state index < -0.39 is 42.0 Å². The van der Waals surface area contributed by atoms with E-state index in [1.54, 1.807) is 0 Å². The van der Waals surface area contributed by atoms with Crippen LogP contribution in [0.3, 0.4) is 0 Å². The van der Waals surface area contributed by atoms with Gasteiger partial charge in [-0.15, -0.1) is 0 Å². The lowest BCUT2D eigenvalue weighted by molar-refractivity contribution is -0.138. The molecule has 5 atom stereocenters. The van der Waals surface area contributed by atoms with Crippen LogP contribution in [0.2, 0.25) is 0 Å². The smallest absolute Gasteiger partial charge is 0.253 e. The number of carbonyl (C=O) groups is 8. The highest BCUT2D eigenvalue weighted by Gasteiger charge is 2.32. The first-order valence-electron chi connectivity index (χ1n) is 19.9. The Morgan fingerprint density at radius 1 is 0.536 bits per heavy atom. The maximum absolute atomic E-state index is 12.9. The predicted molar refractivity (Wildman–Crippen MR) is 205 cm³/mol. The molecule has 2 heterocycles. The zero-order valence-corrected chi connectivity index (χ0v) is 32.8. The molecule has 0 aliphatic carbocycles. The molecule has 17 heteroatoms. The van der Waals surface area contributed by atoms with Crippen molar-refractivity contribution in [1.29, 1.82) is 0 Å². The largest absolute Gasteiger partial charge is 0.393 e. The van der Waals surface area contributed by atoms with E-state index in [1.807, 2.05) is 0 Å². The molecule has 0 aromatic carbocycles. The molecular weight excluding hydrogens is 728 g/mol. The molecule has 56 heavy (non-hydrogen) atoms. The zero-order chi connectivity index (χ0) is 41.5. The molecule has 0 saturated heterocycles. The van der Waals surface area contributed by atoms with Crippen LogP contribution in [0.25, 0.3) is 0 Å². The Kier molecular flexibility index (Phi) is 22.5. The van der Waals surface area contributed by atoms with E-state index in [0.717, 1.165) is 0 Å². The lowest BCUT2D eigenvalue weighted by atomic mass is 9.88. The Bertz CT molecular complexity index is 1360. The number of nitrogens with zero attached hydrogens (tertiary/aromatic N) is 2. The first-order valence-corrected chi connectivity index (χ1v) is 19.9. The fraction of sp³-hybridized carbons (Fsp3) is 0.692. The Balaban J connectivity index is 1.54. The second kappa shape index (κ2) is 26.4. The zero-order valence-electron chi connectivity index (χ0n) is 32.8. The minimum atomic E-state index is -1.45. The number of imide groups is 2. The summed E-state index contributed by atoms with van der Waals surface area (Å²) in [6, 6.07) is 0. The van der Waals surface area contributed by atoms with Crippen LogP contribution in [-0.2, 0) is 38.4 Å². The standard InChI is InChI=1S/C39H62N6O11/c1-27(46)25-29(39(56)43-22-10-8-20-41-32(49)14-6-4-12-24-45-35(52)17-18-36(45)53)26-30(47)37(54)28(2)38(55)42-21-9-7-19-40-31(48)13-5-3-11-23-44-33(50)15-16-34(44)51/h15-18,27-30,37,46-47,54H,3-14,19-26H2,1-2H3,(H,40,48)(H,41,49)(H,42,55)(H,43,56). The van der Waals surface area contributed by atoms with Gasteiger partial charge in [-0.25, -0.2) is 0 Å². The Labute approximate surface area is 329 Å². The summed E-state index contributed by atoms with van der Waals surface area (Å²) in [4.78, 5) is 98.3. The van der Waals surface area contributed by atoms with Crippen LogP contribution in [0, 0.1) is 11.8 Å². The molecule has 2 aliphatic heterocycles. The van der Waals surface area contributed by atoms with Crippen LogP contribution >= 0.6 is 0 Å². The van der Waals surface area contributed by atoms with E-state index in [4.69, 9.17) is 0 Å². The average molecular weight is 791 g/mol. The summed E-state index contributed by atoms with van der Waals surface area (Å²) < 4.78 is 0. The van der Waals surface area contributed by atoms with Gasteiger partial charge in [0.05, 0.1) is 24.2 Å². The van der Waals surface area contributed by atoms with Gasteiger partial charge in [0.2, 0.25) is 23.6 Å². The van der Waals surface area contributed by atoms with E-state index in [1.165, 1.54) is 48.0 Å². The number of carbonyl (C=O) groups excluding carboxylic acids is 8. The molecule has 0 fully saturated rings. The third-order valence-electron chi connectivity index (χ3n) is 9.66. The van der Waals surface area contributed by atoms with Crippen LogP contribution in [0.4, 0.5) is 0 Å². The Morgan fingerprint density at radius 3 is 1.34 bits per heavy atom. The molecule has 0 radical (unpaired) electrons. The summed E-state index contributed by atoms with van der Waals surface area (Å²) in [6.07, 6.45) is 8.08. The summed E-state index contributed by atoms with van der Waals surface area (Å²) in [5.41, 5.74) is 0. The molecule has 7 N–H and O–H groups in total. The topological polar surface area (TPSA) is 252 Å². The van der Waals surface area contributed by atoms with E-state index in [-0.39, 0.29) is 48.3 Å². The van der Waals surface area contributed by atoms with Crippen molar-refractivity contribution in [3.05, 3.63) is 24.3 Å². The van der Waals surface area contributed by atoms with Crippen LogP contribution in [0.5, 0.6) is 0 Å². The monoisotopic (exact) mass is 790 g/mol. The minimum Gasteiger partial charge on any atom is -0.393 e. The van der Waals surface area contributed by atoms with Crippen LogP contribution in [0.1, 0.15) is 104 Å². The highest BCUT2D eigenvalue weighted by Crippen LogP contribution is 2.20. The number of hydrogen-bond donors (Lipinski definition) is 7. The highest BCUT2D eigenvalue weighted by molar-refractivity contribution is 6.13. The number of hydrogen-bond acceptors (Lipinski definition) is 11. The van der Waals surface area contributed by atoms with Gasteiger partial charge in [-0.2, -0.15) is 0 Å². The van der Waals surface area contributed by atoms with E-state index >= 15 is 0 Å². The second-order valence-electron chi connectivity index (χ2n) is 14.5. The SMILES string of the molecule is CC(O)CC(CC(O)C(O)C(C)C(=O)NCCCCNC(=O)CCCCCN1C(=O)C=CC1=O)C(=O)NCCCCNC(=O)CCCCCN1C(=O)C=CC1=O. The van der Waals surface area contributed by atoms with E-state index in [0.29, 0.717) is 116 Å². The summed E-state index contributed by atoms with van der Waals surface area (Å²) >= 11 is 0. The number of rotatable bonds is 30. The number of unbranched alkanes of at least 4 members (excludes halogenated alkanes) is 6. The van der Waals surface area contributed by atoms with Gasteiger partial charge in [0.25, 0.3) is 23.6 Å². The number of aliphatic hydroxyl groups is 3. The third-order valence-corrected chi connectivity index (χ3v) is 9.66. The van der Waals surface area contributed by atoms with Gasteiger partial charge in [0.1, 0.15) is 0 Å². The van der Waals surface area contributed by atoms with Gasteiger partial charge < -0.3 is 36.6 Å². The summed E-state index contributed by atoms with van der Waals surface area (Å²) in [5, 5.41) is 42.6. The molecule has 0 bridgehead atoms. The summed E-state index contributed by atoms with van der Waals surface area (Å²) in [6.45, 7) is 5.11. The minimum absolute atomic E-state index is 0.0469.